The number of nitrogens with zero attached hydrogens (tertiary/aromatic N) is 2. The Hall–Kier alpha value is -1.13. The summed E-state index contributed by atoms with van der Waals surface area (Å²) in [4.78, 5) is 8.88. The molecule has 0 atom stereocenters. The van der Waals surface area contributed by atoms with Crippen LogP contribution in [0, 0.1) is 0 Å². The van der Waals surface area contributed by atoms with E-state index >= 15 is 0 Å². The number of aliphatic imine (C=N–C) groups is 1. The van der Waals surface area contributed by atoms with Gasteiger partial charge in [0, 0.05) is 18.0 Å². The van der Waals surface area contributed by atoms with E-state index in [4.69, 9.17) is 0 Å². The average molecular weight is 246 g/mol. The number of thiazole rings is 1. The van der Waals surface area contributed by atoms with Crippen LogP contribution < -0.4 is 0 Å². The van der Waals surface area contributed by atoms with Gasteiger partial charge in [0.15, 0.2) is 0 Å². The minimum absolute atomic E-state index is 0.935. The number of hydrogen-bond donors (Lipinski definition) is 0. The molecule has 0 radical (unpaired) electrons. The van der Waals surface area contributed by atoms with Crippen LogP contribution in [0.1, 0.15) is 10.6 Å². The molecule has 0 saturated heterocycles. The van der Waals surface area contributed by atoms with E-state index in [0.717, 1.165) is 17.9 Å². The first-order valence-corrected chi connectivity index (χ1v) is 6.95. The zero-order chi connectivity index (χ0) is 10.8. The molecule has 0 aliphatic carbocycles. The van der Waals surface area contributed by atoms with Crippen molar-refractivity contribution in [2.75, 3.05) is 0 Å². The number of aromatic nitrogens is 1. The molecular weight excluding hydrogens is 236 g/mol. The van der Waals surface area contributed by atoms with E-state index in [2.05, 4.69) is 28.2 Å². The first kappa shape index (κ1) is 10.1. The van der Waals surface area contributed by atoms with Crippen molar-refractivity contribution < 1.29 is 0 Å². The highest BCUT2D eigenvalue weighted by Gasteiger charge is 2.14. The second-order valence-electron chi connectivity index (χ2n) is 3.53. The van der Waals surface area contributed by atoms with Gasteiger partial charge in [-0.15, -0.1) is 23.1 Å². The van der Waals surface area contributed by atoms with Crippen molar-refractivity contribution in [3.05, 3.63) is 46.4 Å². The number of hydrogen-bond acceptors (Lipinski definition) is 4. The largest absolute Gasteiger partial charge is 0.249 e. The van der Waals surface area contributed by atoms with E-state index in [1.165, 1.54) is 15.6 Å². The van der Waals surface area contributed by atoms with Crippen molar-refractivity contribution in [1.82, 2.24) is 4.98 Å². The molecule has 3 rings (SSSR count). The highest BCUT2D eigenvalue weighted by atomic mass is 32.2. The van der Waals surface area contributed by atoms with Crippen molar-refractivity contribution in [1.29, 1.82) is 0 Å². The second kappa shape index (κ2) is 4.39. The molecule has 0 spiro atoms. The second-order valence-corrected chi connectivity index (χ2v) is 5.55. The molecule has 1 aromatic heterocycles. The monoisotopic (exact) mass is 246 g/mol. The van der Waals surface area contributed by atoms with Gasteiger partial charge in [-0.1, -0.05) is 18.2 Å². The van der Waals surface area contributed by atoms with E-state index in [0.29, 0.717) is 0 Å². The van der Waals surface area contributed by atoms with Gasteiger partial charge in [0.25, 0.3) is 0 Å². The molecule has 0 saturated carbocycles. The maximum atomic E-state index is 4.61. The Morgan fingerprint density at radius 3 is 3.06 bits per heavy atom. The number of rotatable bonds is 2. The molecule has 0 N–H and O–H groups in total. The van der Waals surface area contributed by atoms with Crippen LogP contribution in [0.15, 0.2) is 40.8 Å². The van der Waals surface area contributed by atoms with Gasteiger partial charge in [-0.3, -0.25) is 0 Å². The van der Waals surface area contributed by atoms with Crippen molar-refractivity contribution in [3.63, 3.8) is 0 Å². The predicted molar refractivity (Wildman–Crippen MR) is 70.7 cm³/mol. The van der Waals surface area contributed by atoms with Crippen molar-refractivity contribution in [2.45, 2.75) is 12.2 Å². The van der Waals surface area contributed by atoms with Crippen LogP contribution in [0.2, 0.25) is 0 Å². The molecule has 2 aromatic rings. The van der Waals surface area contributed by atoms with Crippen LogP contribution in [0.5, 0.6) is 0 Å². The molecule has 2 nitrogen and oxygen atoms in total. The molecule has 0 bridgehead atoms. The Morgan fingerprint density at radius 2 is 2.25 bits per heavy atom. The van der Waals surface area contributed by atoms with Crippen LogP contribution >= 0.6 is 23.1 Å². The van der Waals surface area contributed by atoms with Crippen LogP contribution in [-0.4, -0.2) is 10.0 Å². The molecule has 2 heterocycles. The summed E-state index contributed by atoms with van der Waals surface area (Å²) in [6.07, 6.45) is 2.83. The van der Waals surface area contributed by atoms with Gasteiger partial charge in [-0.25, -0.2) is 9.98 Å². The fourth-order valence-electron chi connectivity index (χ4n) is 1.66. The Kier molecular flexibility index (Phi) is 2.76. The Labute approximate surface area is 102 Å². The van der Waals surface area contributed by atoms with Crippen molar-refractivity contribution >= 4 is 33.8 Å². The minimum atomic E-state index is 0.935. The summed E-state index contributed by atoms with van der Waals surface area (Å²) >= 11 is 3.50. The third-order valence-corrected chi connectivity index (χ3v) is 4.37. The van der Waals surface area contributed by atoms with Gasteiger partial charge in [-0.2, -0.15) is 0 Å². The topological polar surface area (TPSA) is 25.2 Å². The molecule has 1 aromatic carbocycles. The van der Waals surface area contributed by atoms with Crippen LogP contribution in [0.4, 0.5) is 5.69 Å². The third kappa shape index (κ3) is 2.03. The SMILES string of the molecule is c1ccc2c(c1)CC(SCc1nccs1)=N2. The van der Waals surface area contributed by atoms with Crippen molar-refractivity contribution in [2.24, 2.45) is 4.99 Å². The summed E-state index contributed by atoms with van der Waals surface area (Å²) in [5.74, 6) is 0.935. The Bertz CT molecular complexity index is 518. The van der Waals surface area contributed by atoms with E-state index in [-0.39, 0.29) is 0 Å². The first-order chi connectivity index (χ1) is 7.92. The maximum absolute atomic E-state index is 4.61. The van der Waals surface area contributed by atoms with Crippen molar-refractivity contribution in [3.8, 4) is 0 Å². The lowest BCUT2D eigenvalue weighted by molar-refractivity contribution is 1.27. The zero-order valence-electron chi connectivity index (χ0n) is 8.59. The minimum Gasteiger partial charge on any atom is -0.249 e. The number of thioether (sulfide) groups is 1. The summed E-state index contributed by atoms with van der Waals surface area (Å²) in [5.41, 5.74) is 2.47. The number of fused-ring (bicyclic) bond motifs is 1. The predicted octanol–water partition coefficient (Wildman–Crippen LogP) is 3.66. The fraction of sp³-hybridized carbons (Fsp3) is 0.167. The molecule has 0 fully saturated rings. The highest BCUT2D eigenvalue weighted by molar-refractivity contribution is 8.13. The van der Waals surface area contributed by atoms with Gasteiger partial charge in [0.05, 0.1) is 16.5 Å². The molecule has 1 aliphatic rings. The van der Waals surface area contributed by atoms with Gasteiger partial charge >= 0.3 is 0 Å². The lowest BCUT2D eigenvalue weighted by Gasteiger charge is -1.96. The summed E-state index contributed by atoms with van der Waals surface area (Å²) in [5, 5.41) is 4.39. The normalized spacial score (nSPS) is 13.6. The summed E-state index contributed by atoms with van der Waals surface area (Å²) in [7, 11) is 0. The number of para-hydroxylation sites is 1. The fourth-order valence-corrected chi connectivity index (χ4v) is 3.29. The molecule has 16 heavy (non-hydrogen) atoms. The third-order valence-electron chi connectivity index (χ3n) is 2.42. The average Bonchev–Trinajstić information content (AvgIpc) is 2.95. The van der Waals surface area contributed by atoms with E-state index in [1.54, 1.807) is 23.1 Å². The summed E-state index contributed by atoms with van der Waals surface area (Å²) < 4.78 is 0. The number of benzene rings is 1. The van der Waals surface area contributed by atoms with Gasteiger partial charge < -0.3 is 0 Å². The Balaban J connectivity index is 1.67. The standard InChI is InChI=1S/C12H10N2S2/c1-2-4-10-9(3-1)7-11(14-10)16-8-12-13-5-6-15-12/h1-6H,7-8H2. The molecular formula is C12H10N2S2. The smallest absolute Gasteiger partial charge is 0.103 e. The molecule has 1 aliphatic heterocycles. The Morgan fingerprint density at radius 1 is 1.31 bits per heavy atom. The molecule has 0 amide bonds. The quantitative estimate of drug-likeness (QED) is 0.808. The van der Waals surface area contributed by atoms with Crippen LogP contribution in [0.3, 0.4) is 0 Å². The first-order valence-electron chi connectivity index (χ1n) is 5.08. The van der Waals surface area contributed by atoms with Gasteiger partial charge in [-0.05, 0) is 11.6 Å². The maximum Gasteiger partial charge on any atom is 0.103 e. The van der Waals surface area contributed by atoms with Crippen LogP contribution in [-0.2, 0) is 12.2 Å². The van der Waals surface area contributed by atoms with E-state index in [1.807, 2.05) is 17.6 Å². The molecule has 0 unspecified atom stereocenters. The van der Waals surface area contributed by atoms with E-state index < -0.39 is 0 Å². The lowest BCUT2D eigenvalue weighted by atomic mass is 10.2. The summed E-state index contributed by atoms with van der Waals surface area (Å²) in [6.45, 7) is 0. The zero-order valence-corrected chi connectivity index (χ0v) is 10.2. The van der Waals surface area contributed by atoms with Gasteiger partial charge in [0.2, 0.25) is 0 Å². The van der Waals surface area contributed by atoms with Gasteiger partial charge in [0.1, 0.15) is 5.01 Å². The van der Waals surface area contributed by atoms with E-state index in [9.17, 15) is 0 Å². The summed E-state index contributed by atoms with van der Waals surface area (Å²) in [6, 6.07) is 8.33. The lowest BCUT2D eigenvalue weighted by Crippen LogP contribution is -1.92. The molecule has 80 valence electrons. The molecule has 4 heteroatoms. The van der Waals surface area contributed by atoms with Crippen LogP contribution in [0.25, 0.3) is 0 Å². The highest BCUT2D eigenvalue weighted by Crippen LogP contribution is 2.31.